The van der Waals surface area contributed by atoms with E-state index in [-0.39, 0.29) is 12.5 Å². The molecule has 0 radical (unpaired) electrons. The zero-order chi connectivity index (χ0) is 20.8. The number of hydrogen-bond donors (Lipinski definition) is 0. The average Bonchev–Trinajstić information content (AvgIpc) is 3.20. The largest absolute Gasteiger partial charge is 0.493 e. The van der Waals surface area contributed by atoms with Gasteiger partial charge in [-0.15, -0.1) is 0 Å². The van der Waals surface area contributed by atoms with Gasteiger partial charge in [0.2, 0.25) is 11.7 Å². The molecule has 1 heterocycles. The second kappa shape index (κ2) is 9.23. The van der Waals surface area contributed by atoms with Gasteiger partial charge in [-0.1, -0.05) is 48.0 Å². The molecule has 3 aromatic rings. The summed E-state index contributed by atoms with van der Waals surface area (Å²) in [6.07, 6.45) is -0.130. The lowest BCUT2D eigenvalue weighted by molar-refractivity contribution is -0.138. The Hall–Kier alpha value is -3.35. The molecule has 1 atom stereocenters. The van der Waals surface area contributed by atoms with Gasteiger partial charge in [0.1, 0.15) is 0 Å². The van der Waals surface area contributed by atoms with Crippen LogP contribution in [0.15, 0.2) is 53.1 Å². The van der Waals surface area contributed by atoms with Crippen LogP contribution in [0, 0.1) is 6.92 Å². The Morgan fingerprint density at radius 3 is 2.62 bits per heavy atom. The van der Waals surface area contributed by atoms with E-state index in [1.165, 1.54) is 4.90 Å². The van der Waals surface area contributed by atoms with E-state index in [1.807, 2.05) is 50.2 Å². The number of methoxy groups -OCH3 is 1. The van der Waals surface area contributed by atoms with Gasteiger partial charge in [-0.05, 0) is 31.5 Å². The number of aromatic nitrogens is 2. The van der Waals surface area contributed by atoms with Crippen LogP contribution in [-0.2, 0) is 11.3 Å². The summed E-state index contributed by atoms with van der Waals surface area (Å²) in [5.41, 5.74) is 1.99. The Kier molecular flexibility index (Phi) is 6.49. The first-order chi connectivity index (χ1) is 14.0. The monoisotopic (exact) mass is 395 g/mol. The van der Waals surface area contributed by atoms with Crippen molar-refractivity contribution in [2.45, 2.75) is 32.9 Å². The zero-order valence-electron chi connectivity index (χ0n) is 17.1. The third-order valence-electron chi connectivity index (χ3n) is 4.48. The number of amides is 1. The second-order valence-corrected chi connectivity index (χ2v) is 6.74. The lowest BCUT2D eigenvalue weighted by Gasteiger charge is -2.23. The summed E-state index contributed by atoms with van der Waals surface area (Å²) in [6.45, 7) is 4.10. The van der Waals surface area contributed by atoms with Gasteiger partial charge in [-0.3, -0.25) is 4.79 Å². The first kappa shape index (κ1) is 20.4. The summed E-state index contributed by atoms with van der Waals surface area (Å²) >= 11 is 0. The van der Waals surface area contributed by atoms with E-state index in [9.17, 15) is 4.79 Å². The van der Waals surface area contributed by atoms with Gasteiger partial charge >= 0.3 is 0 Å². The van der Waals surface area contributed by atoms with Gasteiger partial charge in [-0.2, -0.15) is 4.98 Å². The van der Waals surface area contributed by atoms with Crippen molar-refractivity contribution in [2.24, 2.45) is 0 Å². The molecule has 0 bridgehead atoms. The fourth-order valence-electron chi connectivity index (χ4n) is 2.92. The molecule has 0 unspecified atom stereocenters. The molecule has 0 aliphatic rings. The molecule has 2 aromatic carbocycles. The number of carbonyl (C=O) groups excluding carboxylic acids is 1. The quantitative estimate of drug-likeness (QED) is 0.576. The highest BCUT2D eigenvalue weighted by Crippen LogP contribution is 2.27. The molecule has 7 nitrogen and oxygen atoms in total. The van der Waals surface area contributed by atoms with Crippen LogP contribution in [0.5, 0.6) is 11.5 Å². The first-order valence-electron chi connectivity index (χ1n) is 9.46. The fraction of sp³-hybridized carbons (Fsp3) is 0.318. The number of hydrogen-bond acceptors (Lipinski definition) is 6. The SMILES string of the molecule is CC[C@@H](Oc1ccccc1OC)C(=O)N(C)Cc1nc(-c2cccc(C)c2)no1. The van der Waals surface area contributed by atoms with E-state index in [0.717, 1.165) is 11.1 Å². The smallest absolute Gasteiger partial charge is 0.263 e. The molecule has 0 fully saturated rings. The Labute approximate surface area is 170 Å². The summed E-state index contributed by atoms with van der Waals surface area (Å²) < 4.78 is 16.5. The minimum absolute atomic E-state index is 0.172. The summed E-state index contributed by atoms with van der Waals surface area (Å²) in [5, 5.41) is 4.02. The van der Waals surface area contributed by atoms with Crippen LogP contribution in [0.3, 0.4) is 0 Å². The van der Waals surface area contributed by atoms with Crippen LogP contribution < -0.4 is 9.47 Å². The molecular formula is C22H25N3O4. The van der Waals surface area contributed by atoms with Crippen LogP contribution in [0.25, 0.3) is 11.4 Å². The predicted molar refractivity (Wildman–Crippen MR) is 109 cm³/mol. The Bertz CT molecular complexity index is 970. The van der Waals surface area contributed by atoms with E-state index < -0.39 is 6.10 Å². The van der Waals surface area contributed by atoms with Crippen molar-refractivity contribution >= 4 is 5.91 Å². The van der Waals surface area contributed by atoms with E-state index in [1.54, 1.807) is 26.3 Å². The molecule has 7 heteroatoms. The third-order valence-corrected chi connectivity index (χ3v) is 4.48. The molecule has 152 valence electrons. The highest BCUT2D eigenvalue weighted by molar-refractivity contribution is 5.81. The van der Waals surface area contributed by atoms with Crippen LogP contribution in [-0.4, -0.2) is 41.2 Å². The molecular weight excluding hydrogens is 370 g/mol. The predicted octanol–water partition coefficient (Wildman–Crippen LogP) is 3.87. The maximum Gasteiger partial charge on any atom is 0.263 e. The zero-order valence-corrected chi connectivity index (χ0v) is 17.1. The molecule has 3 rings (SSSR count). The van der Waals surface area contributed by atoms with Crippen molar-refractivity contribution in [3.63, 3.8) is 0 Å². The molecule has 0 saturated heterocycles. The average molecular weight is 395 g/mol. The lowest BCUT2D eigenvalue weighted by atomic mass is 10.1. The second-order valence-electron chi connectivity index (χ2n) is 6.74. The Balaban J connectivity index is 1.68. The summed E-state index contributed by atoms with van der Waals surface area (Å²) in [6, 6.07) is 15.1. The highest BCUT2D eigenvalue weighted by atomic mass is 16.5. The maximum atomic E-state index is 12.9. The van der Waals surface area contributed by atoms with Gasteiger partial charge in [0, 0.05) is 12.6 Å². The number of nitrogens with zero attached hydrogens (tertiary/aromatic N) is 3. The molecule has 0 spiro atoms. The van der Waals surface area contributed by atoms with Gasteiger partial charge in [0.15, 0.2) is 17.6 Å². The maximum absolute atomic E-state index is 12.9. The fourth-order valence-corrected chi connectivity index (χ4v) is 2.92. The topological polar surface area (TPSA) is 77.7 Å². The number of likely N-dealkylation sites (N-methyl/N-ethyl adjacent to an activating group) is 1. The van der Waals surface area contributed by atoms with Crippen molar-refractivity contribution in [3.05, 3.63) is 60.0 Å². The molecule has 0 aliphatic carbocycles. The van der Waals surface area contributed by atoms with Crippen molar-refractivity contribution < 1.29 is 18.8 Å². The number of aryl methyl sites for hydroxylation is 1. The first-order valence-corrected chi connectivity index (χ1v) is 9.46. The highest BCUT2D eigenvalue weighted by Gasteiger charge is 2.25. The summed E-state index contributed by atoms with van der Waals surface area (Å²) in [7, 11) is 3.26. The standard InChI is InChI=1S/C22H25N3O4/c1-5-17(28-19-12-7-6-11-18(19)27-4)22(26)25(3)14-20-23-21(24-29-20)16-10-8-9-15(2)13-16/h6-13,17H,5,14H2,1-4H3/t17-/m1/s1. The number of carbonyl (C=O) groups is 1. The van der Waals surface area contributed by atoms with Crippen molar-refractivity contribution in [1.29, 1.82) is 0 Å². The van der Waals surface area contributed by atoms with Crippen molar-refractivity contribution in [1.82, 2.24) is 15.0 Å². The number of benzene rings is 2. The Morgan fingerprint density at radius 1 is 1.17 bits per heavy atom. The third kappa shape index (κ3) is 4.93. The molecule has 1 aromatic heterocycles. The molecule has 29 heavy (non-hydrogen) atoms. The van der Waals surface area contributed by atoms with Crippen molar-refractivity contribution in [3.8, 4) is 22.9 Å². The molecule has 1 amide bonds. The van der Waals surface area contributed by atoms with Crippen LogP contribution >= 0.6 is 0 Å². The van der Waals surface area contributed by atoms with E-state index >= 15 is 0 Å². The van der Waals surface area contributed by atoms with Crippen LogP contribution in [0.2, 0.25) is 0 Å². The van der Waals surface area contributed by atoms with E-state index in [0.29, 0.717) is 29.6 Å². The van der Waals surface area contributed by atoms with Gasteiger partial charge in [0.25, 0.3) is 5.91 Å². The van der Waals surface area contributed by atoms with E-state index in [4.69, 9.17) is 14.0 Å². The van der Waals surface area contributed by atoms with Crippen LogP contribution in [0.1, 0.15) is 24.8 Å². The van der Waals surface area contributed by atoms with Crippen LogP contribution in [0.4, 0.5) is 0 Å². The number of rotatable bonds is 8. The van der Waals surface area contributed by atoms with Gasteiger partial charge < -0.3 is 18.9 Å². The molecule has 0 saturated carbocycles. The minimum atomic E-state index is -0.643. The summed E-state index contributed by atoms with van der Waals surface area (Å²) in [4.78, 5) is 18.8. The minimum Gasteiger partial charge on any atom is -0.493 e. The molecule has 0 aliphatic heterocycles. The van der Waals surface area contributed by atoms with Gasteiger partial charge in [-0.25, -0.2) is 0 Å². The Morgan fingerprint density at radius 2 is 1.93 bits per heavy atom. The molecule has 0 N–H and O–H groups in total. The van der Waals surface area contributed by atoms with Gasteiger partial charge in [0.05, 0.1) is 13.7 Å². The number of para-hydroxylation sites is 2. The normalized spacial score (nSPS) is 11.7. The summed E-state index contributed by atoms with van der Waals surface area (Å²) in [5.74, 6) is 1.81. The number of ether oxygens (including phenoxy) is 2. The lowest BCUT2D eigenvalue weighted by Crippen LogP contribution is -2.39. The van der Waals surface area contributed by atoms with E-state index in [2.05, 4.69) is 10.1 Å². The van der Waals surface area contributed by atoms with Crippen molar-refractivity contribution in [2.75, 3.05) is 14.2 Å².